The van der Waals surface area contributed by atoms with Gasteiger partial charge in [-0.1, -0.05) is 30.3 Å². The molecule has 1 aromatic carbocycles. The molecular weight excluding hydrogens is 248 g/mol. The zero-order valence-electron chi connectivity index (χ0n) is 12.0. The van der Waals surface area contributed by atoms with Crippen molar-refractivity contribution in [3.63, 3.8) is 0 Å². The molecule has 2 rings (SSSR count). The van der Waals surface area contributed by atoms with E-state index in [2.05, 4.69) is 16.4 Å². The minimum absolute atomic E-state index is 0.579. The highest BCUT2D eigenvalue weighted by Gasteiger charge is 2.14. The van der Waals surface area contributed by atoms with Crippen LogP contribution in [0.25, 0.3) is 11.1 Å². The van der Waals surface area contributed by atoms with Gasteiger partial charge in [-0.15, -0.1) is 0 Å². The average Bonchev–Trinajstić information content (AvgIpc) is 2.48. The lowest BCUT2D eigenvalue weighted by atomic mass is 10.0. The third-order valence-electron chi connectivity index (χ3n) is 2.98. The normalized spacial score (nSPS) is 9.90. The van der Waals surface area contributed by atoms with Gasteiger partial charge in [0.2, 0.25) is 0 Å². The molecule has 0 aliphatic carbocycles. The van der Waals surface area contributed by atoms with Crippen molar-refractivity contribution in [1.29, 1.82) is 5.26 Å². The lowest BCUT2D eigenvalue weighted by Crippen LogP contribution is -2.14. The van der Waals surface area contributed by atoms with E-state index in [-0.39, 0.29) is 0 Å². The van der Waals surface area contributed by atoms with E-state index in [1.807, 2.05) is 62.3 Å². The molecule has 1 heterocycles. The smallest absolute Gasteiger partial charge is 0.148 e. The summed E-state index contributed by atoms with van der Waals surface area (Å²) in [5.74, 6) is 1.49. The first-order chi connectivity index (χ1) is 9.67. The molecule has 0 spiro atoms. The Morgan fingerprint density at radius 2 is 1.95 bits per heavy atom. The first-order valence-corrected chi connectivity index (χ1v) is 6.59. The Morgan fingerprint density at radius 1 is 1.25 bits per heavy atom. The number of nitriles is 1. The van der Waals surface area contributed by atoms with Crippen LogP contribution < -0.4 is 10.2 Å². The molecule has 2 aromatic rings. The van der Waals surface area contributed by atoms with Gasteiger partial charge in [0.1, 0.15) is 17.7 Å². The Balaban J connectivity index is 2.64. The molecule has 0 fully saturated rings. The fourth-order valence-corrected chi connectivity index (χ4v) is 2.07. The second-order valence-electron chi connectivity index (χ2n) is 4.66. The standard InChI is InChI=1S/C16H18N4/c1-4-18-15-14(12-8-6-5-7-9-12)10-13(11-17)16(19-15)20(2)3/h5-10H,4H2,1-3H3,(H,18,19). The van der Waals surface area contributed by atoms with E-state index in [9.17, 15) is 5.26 Å². The SMILES string of the molecule is CCNc1nc(N(C)C)c(C#N)cc1-c1ccccc1. The zero-order valence-corrected chi connectivity index (χ0v) is 12.0. The topological polar surface area (TPSA) is 52.0 Å². The molecule has 1 N–H and O–H groups in total. The highest BCUT2D eigenvalue weighted by Crippen LogP contribution is 2.31. The van der Waals surface area contributed by atoms with E-state index in [1.54, 1.807) is 0 Å². The molecule has 0 saturated heterocycles. The number of anilines is 2. The van der Waals surface area contributed by atoms with Gasteiger partial charge in [0.15, 0.2) is 0 Å². The Morgan fingerprint density at radius 3 is 2.50 bits per heavy atom. The molecule has 1 aromatic heterocycles. The molecular formula is C16H18N4. The molecule has 0 bridgehead atoms. The number of hydrogen-bond acceptors (Lipinski definition) is 4. The number of hydrogen-bond donors (Lipinski definition) is 1. The van der Waals surface area contributed by atoms with Crippen molar-refractivity contribution < 1.29 is 0 Å². The average molecular weight is 266 g/mol. The van der Waals surface area contributed by atoms with Crippen molar-refractivity contribution in [2.24, 2.45) is 0 Å². The molecule has 0 atom stereocenters. The van der Waals surface area contributed by atoms with Gasteiger partial charge in [-0.2, -0.15) is 5.26 Å². The zero-order chi connectivity index (χ0) is 14.5. The molecule has 0 saturated carbocycles. The number of nitrogens with one attached hydrogen (secondary N) is 1. The van der Waals surface area contributed by atoms with Crippen LogP contribution in [0.1, 0.15) is 12.5 Å². The summed E-state index contributed by atoms with van der Waals surface area (Å²) in [5.41, 5.74) is 2.59. The second-order valence-corrected chi connectivity index (χ2v) is 4.66. The monoisotopic (exact) mass is 266 g/mol. The molecule has 0 amide bonds. The fraction of sp³-hybridized carbons (Fsp3) is 0.250. The van der Waals surface area contributed by atoms with Crippen LogP contribution in [0.15, 0.2) is 36.4 Å². The first kappa shape index (κ1) is 13.9. The summed E-state index contributed by atoms with van der Waals surface area (Å²) in [4.78, 5) is 6.46. The van der Waals surface area contributed by atoms with Crippen LogP contribution in [0.2, 0.25) is 0 Å². The number of benzene rings is 1. The van der Waals surface area contributed by atoms with Crippen LogP contribution in [0.5, 0.6) is 0 Å². The van der Waals surface area contributed by atoms with Crippen molar-refractivity contribution in [1.82, 2.24) is 4.98 Å². The van der Waals surface area contributed by atoms with Crippen molar-refractivity contribution in [2.45, 2.75) is 6.92 Å². The van der Waals surface area contributed by atoms with Crippen molar-refractivity contribution >= 4 is 11.6 Å². The third kappa shape index (κ3) is 2.72. The van der Waals surface area contributed by atoms with E-state index < -0.39 is 0 Å². The fourth-order valence-electron chi connectivity index (χ4n) is 2.07. The van der Waals surface area contributed by atoms with Crippen molar-refractivity contribution in [3.8, 4) is 17.2 Å². The summed E-state index contributed by atoms with van der Waals surface area (Å²) in [5, 5.41) is 12.6. The Bertz CT molecular complexity index is 627. The van der Waals surface area contributed by atoms with Crippen LogP contribution in [0, 0.1) is 11.3 Å². The van der Waals surface area contributed by atoms with Crippen LogP contribution >= 0.6 is 0 Å². The Hall–Kier alpha value is -2.54. The predicted octanol–water partition coefficient (Wildman–Crippen LogP) is 3.12. The molecule has 0 unspecified atom stereocenters. The summed E-state index contributed by atoms with van der Waals surface area (Å²) < 4.78 is 0. The van der Waals surface area contributed by atoms with Gasteiger partial charge in [-0.05, 0) is 18.6 Å². The minimum Gasteiger partial charge on any atom is -0.370 e. The van der Waals surface area contributed by atoms with Gasteiger partial charge < -0.3 is 10.2 Å². The highest BCUT2D eigenvalue weighted by molar-refractivity contribution is 5.79. The summed E-state index contributed by atoms with van der Waals surface area (Å²) in [6, 6.07) is 14.1. The molecule has 0 aliphatic heterocycles. The summed E-state index contributed by atoms with van der Waals surface area (Å²) in [6.07, 6.45) is 0. The van der Waals surface area contributed by atoms with E-state index in [1.165, 1.54) is 0 Å². The van der Waals surface area contributed by atoms with Gasteiger partial charge in [0.25, 0.3) is 0 Å². The molecule has 4 nitrogen and oxygen atoms in total. The minimum atomic E-state index is 0.579. The van der Waals surface area contributed by atoms with Crippen molar-refractivity contribution in [2.75, 3.05) is 30.9 Å². The lowest BCUT2D eigenvalue weighted by molar-refractivity contribution is 1.05. The van der Waals surface area contributed by atoms with Crippen LogP contribution in [-0.4, -0.2) is 25.6 Å². The maximum atomic E-state index is 9.32. The highest BCUT2D eigenvalue weighted by atomic mass is 15.2. The number of aromatic nitrogens is 1. The van der Waals surface area contributed by atoms with Crippen LogP contribution in [-0.2, 0) is 0 Å². The largest absolute Gasteiger partial charge is 0.370 e. The third-order valence-corrected chi connectivity index (χ3v) is 2.98. The number of rotatable bonds is 4. The van der Waals surface area contributed by atoms with Gasteiger partial charge in [0, 0.05) is 26.2 Å². The molecule has 0 aliphatic rings. The number of nitrogens with zero attached hydrogens (tertiary/aromatic N) is 3. The van der Waals surface area contributed by atoms with Crippen LogP contribution in [0.4, 0.5) is 11.6 Å². The molecule has 20 heavy (non-hydrogen) atoms. The first-order valence-electron chi connectivity index (χ1n) is 6.59. The van der Waals surface area contributed by atoms with Crippen LogP contribution in [0.3, 0.4) is 0 Å². The number of pyridine rings is 1. The van der Waals surface area contributed by atoms with Gasteiger partial charge >= 0.3 is 0 Å². The maximum absolute atomic E-state index is 9.32. The van der Waals surface area contributed by atoms with E-state index in [4.69, 9.17) is 0 Å². The molecule has 4 heteroatoms. The second kappa shape index (κ2) is 6.07. The maximum Gasteiger partial charge on any atom is 0.148 e. The van der Waals surface area contributed by atoms with E-state index in [0.717, 1.165) is 23.5 Å². The predicted molar refractivity (Wildman–Crippen MR) is 82.9 cm³/mol. The Labute approximate surface area is 119 Å². The van der Waals surface area contributed by atoms with E-state index in [0.29, 0.717) is 11.4 Å². The summed E-state index contributed by atoms with van der Waals surface area (Å²) in [7, 11) is 3.78. The Kier molecular flexibility index (Phi) is 4.21. The summed E-state index contributed by atoms with van der Waals surface area (Å²) in [6.45, 7) is 2.82. The van der Waals surface area contributed by atoms with E-state index >= 15 is 0 Å². The van der Waals surface area contributed by atoms with Gasteiger partial charge in [-0.3, -0.25) is 0 Å². The quantitative estimate of drug-likeness (QED) is 0.923. The molecule has 0 radical (unpaired) electrons. The van der Waals surface area contributed by atoms with Crippen molar-refractivity contribution in [3.05, 3.63) is 42.0 Å². The molecule has 102 valence electrons. The summed E-state index contributed by atoms with van der Waals surface area (Å²) >= 11 is 0. The van der Waals surface area contributed by atoms with Gasteiger partial charge in [-0.25, -0.2) is 4.98 Å². The lowest BCUT2D eigenvalue weighted by Gasteiger charge is -2.18. The van der Waals surface area contributed by atoms with Gasteiger partial charge in [0.05, 0.1) is 5.56 Å².